The summed E-state index contributed by atoms with van der Waals surface area (Å²) >= 11 is 0. The van der Waals surface area contributed by atoms with Crippen LogP contribution in [0.4, 0.5) is 0 Å². The average Bonchev–Trinajstić information content (AvgIpc) is 2.27. The molecule has 1 rings (SSSR count). The van der Waals surface area contributed by atoms with Crippen molar-refractivity contribution in [3.8, 4) is 0 Å². The maximum atomic E-state index is 11.5. The Bertz CT molecular complexity index is 438. The first-order chi connectivity index (χ1) is 7.92. The number of carbonyl (C=O) groups is 2. The van der Waals surface area contributed by atoms with Gasteiger partial charge in [-0.05, 0) is 31.6 Å². The minimum atomic E-state index is -1.28. The molecule has 0 fully saturated rings. The molecule has 0 atom stereocenters. The van der Waals surface area contributed by atoms with Crippen LogP contribution in [-0.4, -0.2) is 27.5 Å². The lowest BCUT2D eigenvalue weighted by atomic mass is 10.1. The Kier molecular flexibility index (Phi) is 3.98. The second-order valence-corrected chi connectivity index (χ2v) is 4.04. The van der Waals surface area contributed by atoms with Crippen LogP contribution in [0, 0.1) is 0 Å². The highest BCUT2D eigenvalue weighted by atomic mass is 16.4. The van der Waals surface area contributed by atoms with Gasteiger partial charge in [0.2, 0.25) is 5.91 Å². The first kappa shape index (κ1) is 12.9. The van der Waals surface area contributed by atoms with Gasteiger partial charge in [0.05, 0.1) is 0 Å². The molecule has 0 unspecified atom stereocenters. The van der Waals surface area contributed by atoms with Gasteiger partial charge in [-0.3, -0.25) is 9.78 Å². The van der Waals surface area contributed by atoms with Crippen molar-refractivity contribution in [1.29, 1.82) is 0 Å². The van der Waals surface area contributed by atoms with E-state index in [1.165, 1.54) is 19.9 Å². The summed E-state index contributed by atoms with van der Waals surface area (Å²) in [6, 6.07) is 3.54. The lowest BCUT2D eigenvalue weighted by Crippen LogP contribution is -2.49. The van der Waals surface area contributed by atoms with Crippen LogP contribution < -0.4 is 5.32 Å². The number of aromatic nitrogens is 1. The molecule has 0 saturated carbocycles. The largest absolute Gasteiger partial charge is 0.480 e. The molecule has 1 amide bonds. The maximum absolute atomic E-state index is 11.5. The number of hydrogen-bond donors (Lipinski definition) is 2. The highest BCUT2D eigenvalue weighted by molar-refractivity contribution is 5.95. The van der Waals surface area contributed by atoms with Crippen molar-refractivity contribution in [2.24, 2.45) is 0 Å². The molecule has 1 heterocycles. The van der Waals surface area contributed by atoms with Crippen LogP contribution in [0.3, 0.4) is 0 Å². The van der Waals surface area contributed by atoms with Gasteiger partial charge in [-0.15, -0.1) is 0 Å². The number of carbonyl (C=O) groups excluding carboxylic acids is 1. The summed E-state index contributed by atoms with van der Waals surface area (Å²) in [5.74, 6) is -1.54. The average molecular weight is 234 g/mol. The van der Waals surface area contributed by atoms with Gasteiger partial charge in [-0.2, -0.15) is 0 Å². The van der Waals surface area contributed by atoms with Crippen molar-refractivity contribution < 1.29 is 14.7 Å². The summed E-state index contributed by atoms with van der Waals surface area (Å²) in [5, 5.41) is 11.2. The van der Waals surface area contributed by atoms with E-state index in [0.717, 1.165) is 5.56 Å². The summed E-state index contributed by atoms with van der Waals surface area (Å²) in [7, 11) is 0. The molecule has 1 aromatic heterocycles. The van der Waals surface area contributed by atoms with Crippen LogP contribution in [0.1, 0.15) is 19.4 Å². The Morgan fingerprint density at radius 3 is 2.71 bits per heavy atom. The van der Waals surface area contributed by atoms with Crippen molar-refractivity contribution in [2.75, 3.05) is 0 Å². The predicted molar refractivity (Wildman–Crippen MR) is 63.1 cm³/mol. The first-order valence-electron chi connectivity index (χ1n) is 5.05. The van der Waals surface area contributed by atoms with Gasteiger partial charge in [0.15, 0.2) is 0 Å². The van der Waals surface area contributed by atoms with E-state index in [1.807, 2.05) is 0 Å². The van der Waals surface area contributed by atoms with Gasteiger partial charge in [-0.25, -0.2) is 4.79 Å². The molecule has 2 N–H and O–H groups in total. The molecule has 0 aliphatic carbocycles. The topological polar surface area (TPSA) is 79.3 Å². The molecule has 17 heavy (non-hydrogen) atoms. The third kappa shape index (κ3) is 4.06. The van der Waals surface area contributed by atoms with E-state index in [9.17, 15) is 9.59 Å². The summed E-state index contributed by atoms with van der Waals surface area (Å²) < 4.78 is 0. The predicted octanol–water partition coefficient (Wildman–Crippen LogP) is 1.07. The number of carboxylic acid groups (broad SMARTS) is 1. The molecule has 0 saturated heterocycles. The lowest BCUT2D eigenvalue weighted by Gasteiger charge is -2.19. The monoisotopic (exact) mass is 234 g/mol. The third-order valence-electron chi connectivity index (χ3n) is 2.08. The number of pyridine rings is 1. The summed E-state index contributed by atoms with van der Waals surface area (Å²) in [6.07, 6.45) is 6.08. The molecule has 90 valence electrons. The van der Waals surface area contributed by atoms with Crippen molar-refractivity contribution >= 4 is 18.0 Å². The van der Waals surface area contributed by atoms with Gasteiger partial charge in [0.25, 0.3) is 0 Å². The number of hydrogen-bond acceptors (Lipinski definition) is 3. The summed E-state index contributed by atoms with van der Waals surface area (Å²) in [4.78, 5) is 26.1. The van der Waals surface area contributed by atoms with Gasteiger partial charge >= 0.3 is 5.97 Å². The van der Waals surface area contributed by atoms with Gasteiger partial charge in [0, 0.05) is 18.5 Å². The molecule has 0 aliphatic rings. The molecule has 0 aliphatic heterocycles. The zero-order valence-corrected chi connectivity index (χ0v) is 9.68. The number of carboxylic acids is 1. The fourth-order valence-corrected chi connectivity index (χ4v) is 1.05. The third-order valence-corrected chi connectivity index (χ3v) is 2.08. The molecule has 0 bridgehead atoms. The van der Waals surface area contributed by atoms with Crippen LogP contribution in [0.2, 0.25) is 0 Å². The molecule has 0 spiro atoms. The Balaban J connectivity index is 2.62. The van der Waals surface area contributed by atoms with E-state index in [4.69, 9.17) is 5.11 Å². The van der Waals surface area contributed by atoms with Crippen molar-refractivity contribution in [1.82, 2.24) is 10.3 Å². The Labute approximate surface area is 99.2 Å². The van der Waals surface area contributed by atoms with E-state index in [2.05, 4.69) is 10.3 Å². The Hall–Kier alpha value is -2.17. The second-order valence-electron chi connectivity index (χ2n) is 4.04. The molecular formula is C12H14N2O3. The number of rotatable bonds is 4. The zero-order chi connectivity index (χ0) is 12.9. The Morgan fingerprint density at radius 2 is 2.18 bits per heavy atom. The van der Waals surface area contributed by atoms with E-state index < -0.39 is 17.4 Å². The van der Waals surface area contributed by atoms with Crippen LogP contribution in [0.25, 0.3) is 6.08 Å². The fourth-order valence-electron chi connectivity index (χ4n) is 1.05. The Morgan fingerprint density at radius 1 is 1.47 bits per heavy atom. The van der Waals surface area contributed by atoms with Crippen molar-refractivity contribution in [3.63, 3.8) is 0 Å². The van der Waals surface area contributed by atoms with Crippen LogP contribution in [0.15, 0.2) is 30.6 Å². The zero-order valence-electron chi connectivity index (χ0n) is 9.68. The minimum Gasteiger partial charge on any atom is -0.480 e. The molecule has 0 radical (unpaired) electrons. The standard InChI is InChI=1S/C12H14N2O3/c1-12(2,11(16)17)14-10(15)6-5-9-4-3-7-13-8-9/h3-8H,1-2H3,(H,14,15)(H,16,17)/b6-5+. The summed E-state index contributed by atoms with van der Waals surface area (Å²) in [5.41, 5.74) is -0.508. The minimum absolute atomic E-state index is 0.457. The second kappa shape index (κ2) is 5.25. The maximum Gasteiger partial charge on any atom is 0.328 e. The molecule has 5 heteroatoms. The number of nitrogens with one attached hydrogen (secondary N) is 1. The van der Waals surface area contributed by atoms with E-state index in [1.54, 1.807) is 30.6 Å². The van der Waals surface area contributed by atoms with Crippen LogP contribution in [-0.2, 0) is 9.59 Å². The highest BCUT2D eigenvalue weighted by Gasteiger charge is 2.27. The van der Waals surface area contributed by atoms with E-state index >= 15 is 0 Å². The SMILES string of the molecule is CC(C)(NC(=O)/C=C/c1cccnc1)C(=O)O. The number of amides is 1. The van der Waals surface area contributed by atoms with Crippen LogP contribution >= 0.6 is 0 Å². The van der Waals surface area contributed by atoms with E-state index in [0.29, 0.717) is 0 Å². The molecule has 1 aromatic rings. The van der Waals surface area contributed by atoms with Crippen molar-refractivity contribution in [2.45, 2.75) is 19.4 Å². The van der Waals surface area contributed by atoms with Crippen LogP contribution in [0.5, 0.6) is 0 Å². The lowest BCUT2D eigenvalue weighted by molar-refractivity contribution is -0.145. The normalized spacial score (nSPS) is 11.4. The smallest absolute Gasteiger partial charge is 0.328 e. The fraction of sp³-hybridized carbons (Fsp3) is 0.250. The van der Waals surface area contributed by atoms with E-state index in [-0.39, 0.29) is 0 Å². The van der Waals surface area contributed by atoms with Crippen molar-refractivity contribution in [3.05, 3.63) is 36.2 Å². The van der Waals surface area contributed by atoms with Gasteiger partial charge < -0.3 is 10.4 Å². The van der Waals surface area contributed by atoms with Gasteiger partial charge in [-0.1, -0.05) is 6.07 Å². The van der Waals surface area contributed by atoms with Gasteiger partial charge in [0.1, 0.15) is 5.54 Å². The number of nitrogens with zero attached hydrogens (tertiary/aromatic N) is 1. The number of aliphatic carboxylic acids is 1. The molecule has 0 aromatic carbocycles. The summed E-state index contributed by atoms with van der Waals surface area (Å²) in [6.45, 7) is 2.84. The molecular weight excluding hydrogens is 220 g/mol. The quantitative estimate of drug-likeness (QED) is 0.764. The molecule has 5 nitrogen and oxygen atoms in total. The highest BCUT2D eigenvalue weighted by Crippen LogP contribution is 2.03. The first-order valence-corrected chi connectivity index (χ1v) is 5.05.